The standard InChI is InChI=1S/C16H16F3NO/c1-11(12-4-3-5-15(10-12)21-2)20-14-8-6-13(7-9-14)16(17,18)19/h3-11,20H,1-2H3. The predicted octanol–water partition coefficient (Wildman–Crippen LogP) is 4.89. The Morgan fingerprint density at radius 2 is 1.71 bits per heavy atom. The fraction of sp³-hybridized carbons (Fsp3) is 0.250. The summed E-state index contributed by atoms with van der Waals surface area (Å²) < 4.78 is 42.6. The van der Waals surface area contributed by atoms with Gasteiger partial charge in [0.05, 0.1) is 12.7 Å². The molecule has 0 aliphatic carbocycles. The van der Waals surface area contributed by atoms with E-state index >= 15 is 0 Å². The van der Waals surface area contributed by atoms with Crippen molar-refractivity contribution < 1.29 is 17.9 Å². The van der Waals surface area contributed by atoms with Crippen molar-refractivity contribution in [3.8, 4) is 5.75 Å². The van der Waals surface area contributed by atoms with Crippen LogP contribution in [0, 0.1) is 0 Å². The average Bonchev–Trinajstić information content (AvgIpc) is 2.47. The van der Waals surface area contributed by atoms with E-state index in [-0.39, 0.29) is 6.04 Å². The van der Waals surface area contributed by atoms with Crippen LogP contribution in [0.25, 0.3) is 0 Å². The molecule has 0 heterocycles. The number of anilines is 1. The number of rotatable bonds is 4. The number of methoxy groups -OCH3 is 1. The first-order valence-electron chi connectivity index (χ1n) is 6.48. The largest absolute Gasteiger partial charge is 0.497 e. The lowest BCUT2D eigenvalue weighted by Gasteiger charge is -2.17. The van der Waals surface area contributed by atoms with E-state index < -0.39 is 11.7 Å². The van der Waals surface area contributed by atoms with Gasteiger partial charge in [-0.1, -0.05) is 12.1 Å². The van der Waals surface area contributed by atoms with Gasteiger partial charge in [-0.3, -0.25) is 0 Å². The number of nitrogens with one attached hydrogen (secondary N) is 1. The first kappa shape index (κ1) is 15.2. The Morgan fingerprint density at radius 1 is 1.05 bits per heavy atom. The highest BCUT2D eigenvalue weighted by Gasteiger charge is 2.29. The third kappa shape index (κ3) is 3.90. The second kappa shape index (κ2) is 6.08. The Labute approximate surface area is 121 Å². The van der Waals surface area contributed by atoms with Gasteiger partial charge >= 0.3 is 6.18 Å². The van der Waals surface area contributed by atoms with Crippen molar-refractivity contribution >= 4 is 5.69 Å². The highest BCUT2D eigenvalue weighted by atomic mass is 19.4. The summed E-state index contributed by atoms with van der Waals surface area (Å²) in [6.45, 7) is 1.94. The van der Waals surface area contributed by atoms with Gasteiger partial charge in [-0.15, -0.1) is 0 Å². The quantitative estimate of drug-likeness (QED) is 0.867. The summed E-state index contributed by atoms with van der Waals surface area (Å²) in [5.41, 5.74) is 0.981. The molecule has 1 atom stereocenters. The van der Waals surface area contributed by atoms with E-state index in [2.05, 4.69) is 5.32 Å². The van der Waals surface area contributed by atoms with Crippen molar-refractivity contribution in [1.29, 1.82) is 0 Å². The Balaban J connectivity index is 2.10. The minimum atomic E-state index is -4.31. The summed E-state index contributed by atoms with van der Waals surface area (Å²) in [6.07, 6.45) is -4.31. The predicted molar refractivity (Wildman–Crippen MR) is 76.5 cm³/mol. The monoisotopic (exact) mass is 295 g/mol. The SMILES string of the molecule is COc1cccc(C(C)Nc2ccc(C(F)(F)F)cc2)c1. The Morgan fingerprint density at radius 3 is 2.29 bits per heavy atom. The molecule has 0 amide bonds. The van der Waals surface area contributed by atoms with Gasteiger partial charge in [-0.25, -0.2) is 0 Å². The van der Waals surface area contributed by atoms with E-state index in [0.29, 0.717) is 5.69 Å². The fourth-order valence-electron chi connectivity index (χ4n) is 2.00. The zero-order chi connectivity index (χ0) is 15.5. The average molecular weight is 295 g/mol. The molecule has 2 aromatic carbocycles. The molecule has 0 aliphatic heterocycles. The molecule has 1 unspecified atom stereocenters. The van der Waals surface area contributed by atoms with E-state index in [9.17, 15) is 13.2 Å². The van der Waals surface area contributed by atoms with Crippen molar-refractivity contribution in [3.05, 3.63) is 59.7 Å². The number of benzene rings is 2. The highest BCUT2D eigenvalue weighted by Crippen LogP contribution is 2.30. The molecule has 1 N–H and O–H groups in total. The second-order valence-corrected chi connectivity index (χ2v) is 4.72. The zero-order valence-corrected chi connectivity index (χ0v) is 11.7. The summed E-state index contributed by atoms with van der Waals surface area (Å²) in [7, 11) is 1.59. The van der Waals surface area contributed by atoms with Crippen LogP contribution in [0.2, 0.25) is 0 Å². The van der Waals surface area contributed by atoms with Crippen molar-refractivity contribution in [2.24, 2.45) is 0 Å². The van der Waals surface area contributed by atoms with E-state index in [1.54, 1.807) is 7.11 Å². The Kier molecular flexibility index (Phi) is 4.40. The van der Waals surface area contributed by atoms with Gasteiger partial charge < -0.3 is 10.1 Å². The van der Waals surface area contributed by atoms with Crippen LogP contribution in [-0.2, 0) is 6.18 Å². The fourth-order valence-corrected chi connectivity index (χ4v) is 2.00. The van der Waals surface area contributed by atoms with Crippen molar-refractivity contribution in [3.63, 3.8) is 0 Å². The van der Waals surface area contributed by atoms with Crippen molar-refractivity contribution in [1.82, 2.24) is 0 Å². The van der Waals surface area contributed by atoms with Crippen LogP contribution >= 0.6 is 0 Å². The lowest BCUT2D eigenvalue weighted by Crippen LogP contribution is -2.08. The van der Waals surface area contributed by atoms with Crippen LogP contribution in [0.4, 0.5) is 18.9 Å². The molecule has 0 aliphatic rings. The molecule has 112 valence electrons. The molecule has 0 aromatic heterocycles. The molecule has 2 aromatic rings. The first-order valence-corrected chi connectivity index (χ1v) is 6.48. The maximum absolute atomic E-state index is 12.5. The number of hydrogen-bond donors (Lipinski definition) is 1. The molecule has 0 saturated heterocycles. The smallest absolute Gasteiger partial charge is 0.416 e. The van der Waals surface area contributed by atoms with Crippen LogP contribution < -0.4 is 10.1 Å². The number of hydrogen-bond acceptors (Lipinski definition) is 2. The molecule has 0 radical (unpaired) electrons. The summed E-state index contributed by atoms with van der Waals surface area (Å²) >= 11 is 0. The minimum absolute atomic E-state index is 0.0446. The van der Waals surface area contributed by atoms with Crippen LogP contribution in [0.5, 0.6) is 5.75 Å². The maximum atomic E-state index is 12.5. The van der Waals surface area contributed by atoms with Gasteiger partial charge in [-0.05, 0) is 48.9 Å². The van der Waals surface area contributed by atoms with Crippen molar-refractivity contribution in [2.45, 2.75) is 19.1 Å². The molecular formula is C16H16F3NO. The summed E-state index contributed by atoms with van der Waals surface area (Å²) in [4.78, 5) is 0. The van der Waals surface area contributed by atoms with E-state index in [4.69, 9.17) is 4.74 Å². The minimum Gasteiger partial charge on any atom is -0.497 e. The molecule has 0 fully saturated rings. The molecule has 2 rings (SSSR count). The third-order valence-electron chi connectivity index (χ3n) is 3.19. The van der Waals surface area contributed by atoms with Crippen LogP contribution in [0.3, 0.4) is 0 Å². The van der Waals surface area contributed by atoms with Crippen LogP contribution in [0.1, 0.15) is 24.1 Å². The normalized spacial score (nSPS) is 12.8. The van der Waals surface area contributed by atoms with Gasteiger partial charge in [0.25, 0.3) is 0 Å². The summed E-state index contributed by atoms with van der Waals surface area (Å²) in [5, 5.41) is 3.17. The van der Waals surface area contributed by atoms with Gasteiger partial charge in [0.2, 0.25) is 0 Å². The lowest BCUT2D eigenvalue weighted by molar-refractivity contribution is -0.137. The van der Waals surface area contributed by atoms with Gasteiger partial charge in [0.15, 0.2) is 0 Å². The van der Waals surface area contributed by atoms with E-state index in [1.165, 1.54) is 12.1 Å². The summed E-state index contributed by atoms with van der Waals surface area (Å²) in [6, 6.07) is 12.5. The lowest BCUT2D eigenvalue weighted by atomic mass is 10.1. The number of halogens is 3. The van der Waals surface area contributed by atoms with Crippen LogP contribution in [0.15, 0.2) is 48.5 Å². The second-order valence-electron chi connectivity index (χ2n) is 4.72. The molecule has 5 heteroatoms. The molecule has 21 heavy (non-hydrogen) atoms. The summed E-state index contributed by atoms with van der Waals surface area (Å²) in [5.74, 6) is 0.744. The van der Waals surface area contributed by atoms with E-state index in [1.807, 2.05) is 31.2 Å². The van der Waals surface area contributed by atoms with Crippen LogP contribution in [-0.4, -0.2) is 7.11 Å². The Bertz CT molecular complexity index is 593. The first-order chi connectivity index (χ1) is 9.90. The van der Waals surface area contributed by atoms with E-state index in [0.717, 1.165) is 23.4 Å². The van der Waals surface area contributed by atoms with Crippen molar-refractivity contribution in [2.75, 3.05) is 12.4 Å². The molecule has 2 nitrogen and oxygen atoms in total. The Hall–Kier alpha value is -2.17. The molecule has 0 bridgehead atoms. The topological polar surface area (TPSA) is 21.3 Å². The number of alkyl halides is 3. The number of ether oxygens (including phenoxy) is 1. The highest BCUT2D eigenvalue weighted by molar-refractivity contribution is 5.47. The van der Waals surface area contributed by atoms with Gasteiger partial charge in [0.1, 0.15) is 5.75 Å². The zero-order valence-electron chi connectivity index (χ0n) is 11.7. The van der Waals surface area contributed by atoms with Gasteiger partial charge in [-0.2, -0.15) is 13.2 Å². The molecule has 0 spiro atoms. The molecule has 0 saturated carbocycles. The third-order valence-corrected chi connectivity index (χ3v) is 3.19. The van der Waals surface area contributed by atoms with Gasteiger partial charge in [0, 0.05) is 11.7 Å². The maximum Gasteiger partial charge on any atom is 0.416 e. The molecular weight excluding hydrogens is 279 g/mol.